The van der Waals surface area contributed by atoms with Gasteiger partial charge in [0.1, 0.15) is 5.75 Å². The molecule has 0 saturated carbocycles. The second-order valence-corrected chi connectivity index (χ2v) is 6.25. The molecule has 0 aliphatic carbocycles. The summed E-state index contributed by atoms with van der Waals surface area (Å²) in [5, 5.41) is 12.1. The number of amides is 1. The van der Waals surface area contributed by atoms with E-state index in [0.717, 1.165) is 28.9 Å². The average Bonchev–Trinajstić information content (AvgIpc) is 3.07. The predicted octanol–water partition coefficient (Wildman–Crippen LogP) is 2.22. The van der Waals surface area contributed by atoms with Crippen LogP contribution in [0.3, 0.4) is 0 Å². The zero-order valence-electron chi connectivity index (χ0n) is 13.9. The molecule has 130 valence electrons. The van der Waals surface area contributed by atoms with Crippen molar-refractivity contribution in [2.45, 2.75) is 19.3 Å². The Morgan fingerprint density at radius 1 is 1.12 bits per heavy atom. The molecular formula is C20H21NO4. The van der Waals surface area contributed by atoms with Gasteiger partial charge in [0.2, 0.25) is 5.91 Å². The smallest absolute Gasteiger partial charge is 0.308 e. The molecule has 1 unspecified atom stereocenters. The summed E-state index contributed by atoms with van der Waals surface area (Å²) in [7, 11) is 0. The molecule has 3 rings (SSSR count). The molecule has 0 bridgehead atoms. The van der Waals surface area contributed by atoms with Crippen LogP contribution in [0.2, 0.25) is 0 Å². The van der Waals surface area contributed by atoms with Crippen LogP contribution in [-0.2, 0) is 28.9 Å². The number of fused-ring (bicyclic) bond motifs is 1. The molecule has 0 aromatic heterocycles. The number of aliphatic carboxylic acids is 1. The normalized spacial score (nSPS) is 13.6. The molecule has 0 spiro atoms. The third-order valence-electron chi connectivity index (χ3n) is 4.34. The fourth-order valence-electron chi connectivity index (χ4n) is 2.98. The van der Waals surface area contributed by atoms with Gasteiger partial charge >= 0.3 is 5.97 Å². The van der Waals surface area contributed by atoms with Crippen molar-refractivity contribution < 1.29 is 19.4 Å². The summed E-state index contributed by atoms with van der Waals surface area (Å²) in [5.74, 6) is -0.824. The van der Waals surface area contributed by atoms with Crippen molar-refractivity contribution in [3.05, 3.63) is 65.2 Å². The van der Waals surface area contributed by atoms with Crippen LogP contribution in [0.1, 0.15) is 16.7 Å². The highest BCUT2D eigenvalue weighted by Crippen LogP contribution is 2.25. The minimum Gasteiger partial charge on any atom is -0.493 e. The predicted molar refractivity (Wildman–Crippen MR) is 93.6 cm³/mol. The van der Waals surface area contributed by atoms with Crippen LogP contribution in [0.5, 0.6) is 5.75 Å². The van der Waals surface area contributed by atoms with E-state index < -0.39 is 11.9 Å². The SMILES string of the molecule is O=C(Cc1ccc2c(c1)CCO2)NCC(Cc1ccccc1)C(=O)O. The van der Waals surface area contributed by atoms with Crippen molar-refractivity contribution in [2.24, 2.45) is 5.92 Å². The topological polar surface area (TPSA) is 75.6 Å². The molecule has 1 heterocycles. The maximum atomic E-state index is 12.2. The maximum absolute atomic E-state index is 12.2. The number of hydrogen-bond donors (Lipinski definition) is 2. The first kappa shape index (κ1) is 17.0. The van der Waals surface area contributed by atoms with E-state index in [-0.39, 0.29) is 18.9 Å². The van der Waals surface area contributed by atoms with Gasteiger partial charge in [-0.05, 0) is 29.2 Å². The van der Waals surface area contributed by atoms with E-state index in [1.165, 1.54) is 0 Å². The van der Waals surface area contributed by atoms with Gasteiger partial charge in [-0.1, -0.05) is 42.5 Å². The van der Waals surface area contributed by atoms with Crippen molar-refractivity contribution in [1.82, 2.24) is 5.32 Å². The standard InChI is InChI=1S/C20H21NO4/c22-19(12-15-6-7-18-16(11-15)8-9-25-18)21-13-17(20(23)24)10-14-4-2-1-3-5-14/h1-7,11,17H,8-10,12-13H2,(H,21,22)(H,23,24). The van der Waals surface area contributed by atoms with Crippen LogP contribution < -0.4 is 10.1 Å². The third kappa shape index (κ3) is 4.59. The van der Waals surface area contributed by atoms with Crippen molar-refractivity contribution in [3.8, 4) is 5.75 Å². The number of carboxylic acid groups (broad SMARTS) is 1. The molecular weight excluding hydrogens is 318 g/mol. The van der Waals surface area contributed by atoms with Gasteiger partial charge in [-0.3, -0.25) is 9.59 Å². The lowest BCUT2D eigenvalue weighted by atomic mass is 9.99. The Bertz CT molecular complexity index is 758. The van der Waals surface area contributed by atoms with E-state index in [9.17, 15) is 14.7 Å². The molecule has 0 saturated heterocycles. The first-order valence-corrected chi connectivity index (χ1v) is 8.40. The van der Waals surface area contributed by atoms with E-state index >= 15 is 0 Å². The monoisotopic (exact) mass is 339 g/mol. The van der Waals surface area contributed by atoms with Crippen LogP contribution in [0.15, 0.2) is 48.5 Å². The van der Waals surface area contributed by atoms with Crippen LogP contribution in [-0.4, -0.2) is 30.1 Å². The molecule has 1 aliphatic rings. The van der Waals surface area contributed by atoms with Gasteiger partial charge in [-0.25, -0.2) is 0 Å². The number of ether oxygens (including phenoxy) is 1. The lowest BCUT2D eigenvalue weighted by molar-refractivity contribution is -0.141. The molecule has 25 heavy (non-hydrogen) atoms. The highest BCUT2D eigenvalue weighted by atomic mass is 16.5. The van der Waals surface area contributed by atoms with Crippen LogP contribution in [0, 0.1) is 5.92 Å². The fraction of sp³-hybridized carbons (Fsp3) is 0.300. The number of rotatable bonds is 7. The van der Waals surface area contributed by atoms with Crippen molar-refractivity contribution >= 4 is 11.9 Å². The van der Waals surface area contributed by atoms with Gasteiger partial charge in [0.15, 0.2) is 0 Å². The summed E-state index contributed by atoms with van der Waals surface area (Å²) in [5.41, 5.74) is 2.98. The Kier molecular flexibility index (Phi) is 5.33. The Hall–Kier alpha value is -2.82. The van der Waals surface area contributed by atoms with Gasteiger partial charge in [0.05, 0.1) is 18.9 Å². The van der Waals surface area contributed by atoms with Crippen molar-refractivity contribution in [2.75, 3.05) is 13.2 Å². The van der Waals surface area contributed by atoms with Gasteiger partial charge < -0.3 is 15.2 Å². The van der Waals surface area contributed by atoms with Gasteiger partial charge in [0.25, 0.3) is 0 Å². The number of carbonyl (C=O) groups is 2. The lowest BCUT2D eigenvalue weighted by Crippen LogP contribution is -2.34. The number of carbonyl (C=O) groups excluding carboxylic acids is 1. The van der Waals surface area contributed by atoms with E-state index in [1.54, 1.807) is 0 Å². The van der Waals surface area contributed by atoms with Gasteiger partial charge in [-0.15, -0.1) is 0 Å². The molecule has 5 nitrogen and oxygen atoms in total. The van der Waals surface area contributed by atoms with Crippen LogP contribution in [0.4, 0.5) is 0 Å². The fourth-order valence-corrected chi connectivity index (χ4v) is 2.98. The highest BCUT2D eigenvalue weighted by Gasteiger charge is 2.19. The quantitative estimate of drug-likeness (QED) is 0.811. The molecule has 1 amide bonds. The van der Waals surface area contributed by atoms with E-state index in [2.05, 4.69) is 5.32 Å². The summed E-state index contributed by atoms with van der Waals surface area (Å²) in [6.45, 7) is 0.807. The minimum atomic E-state index is -0.904. The lowest BCUT2D eigenvalue weighted by Gasteiger charge is -2.14. The average molecular weight is 339 g/mol. The van der Waals surface area contributed by atoms with Gasteiger partial charge in [-0.2, -0.15) is 0 Å². The Morgan fingerprint density at radius 2 is 1.92 bits per heavy atom. The first-order chi connectivity index (χ1) is 12.1. The maximum Gasteiger partial charge on any atom is 0.308 e. The summed E-state index contributed by atoms with van der Waals surface area (Å²) in [6, 6.07) is 15.2. The number of carboxylic acids is 1. The second-order valence-electron chi connectivity index (χ2n) is 6.25. The minimum absolute atomic E-state index is 0.122. The molecule has 1 atom stereocenters. The second kappa shape index (κ2) is 7.83. The third-order valence-corrected chi connectivity index (χ3v) is 4.34. The molecule has 0 radical (unpaired) electrons. The van der Waals surface area contributed by atoms with E-state index in [4.69, 9.17) is 4.74 Å². The van der Waals surface area contributed by atoms with Crippen LogP contribution >= 0.6 is 0 Å². The molecule has 1 aliphatic heterocycles. The Labute approximate surface area is 146 Å². The molecule has 5 heteroatoms. The largest absolute Gasteiger partial charge is 0.493 e. The molecule has 2 N–H and O–H groups in total. The first-order valence-electron chi connectivity index (χ1n) is 8.40. The number of hydrogen-bond acceptors (Lipinski definition) is 3. The van der Waals surface area contributed by atoms with Crippen molar-refractivity contribution in [1.29, 1.82) is 0 Å². The number of benzene rings is 2. The zero-order valence-corrected chi connectivity index (χ0v) is 13.9. The van der Waals surface area contributed by atoms with Crippen LogP contribution in [0.25, 0.3) is 0 Å². The highest BCUT2D eigenvalue weighted by molar-refractivity contribution is 5.79. The molecule has 0 fully saturated rings. The van der Waals surface area contributed by atoms with Gasteiger partial charge in [0, 0.05) is 13.0 Å². The van der Waals surface area contributed by atoms with E-state index in [1.807, 2.05) is 48.5 Å². The van der Waals surface area contributed by atoms with Crippen molar-refractivity contribution in [3.63, 3.8) is 0 Å². The summed E-state index contributed by atoms with van der Waals surface area (Å²) in [6.07, 6.45) is 1.50. The molecule has 2 aromatic rings. The Balaban J connectivity index is 1.54. The molecule has 2 aromatic carbocycles. The zero-order chi connectivity index (χ0) is 17.6. The summed E-state index contributed by atoms with van der Waals surface area (Å²) < 4.78 is 5.45. The van der Waals surface area contributed by atoms with E-state index in [0.29, 0.717) is 13.0 Å². The summed E-state index contributed by atoms with van der Waals surface area (Å²) in [4.78, 5) is 23.6. The Morgan fingerprint density at radius 3 is 2.68 bits per heavy atom. The number of nitrogens with one attached hydrogen (secondary N) is 1. The summed E-state index contributed by atoms with van der Waals surface area (Å²) >= 11 is 0.